The Bertz CT molecular complexity index is 976. The number of hydrogen-bond donors (Lipinski definition) is 1. The molecule has 3 rings (SSSR count). The standard InChI is InChI=1S/C18H14F3N3O2.ClH/c1-10-3-8-13-15(14(17(25)26-2)9-22-16(13)23-10)24-12-6-4-11(5-7-12)18(19,20)21;/h3-9H,1-2H3,(H,22,23,24);1H. The Kier molecular flexibility index (Phi) is 5.90. The number of alkyl halides is 3. The van der Waals surface area contributed by atoms with Gasteiger partial charge in [-0.05, 0) is 43.3 Å². The molecule has 2 heterocycles. The molecular formula is C18H15ClF3N3O2. The van der Waals surface area contributed by atoms with E-state index in [-0.39, 0.29) is 18.0 Å². The van der Waals surface area contributed by atoms with Gasteiger partial charge < -0.3 is 10.1 Å². The average Bonchev–Trinajstić information content (AvgIpc) is 2.60. The van der Waals surface area contributed by atoms with Crippen LogP contribution in [0.3, 0.4) is 0 Å². The fraction of sp³-hybridized carbons (Fsp3) is 0.167. The summed E-state index contributed by atoms with van der Waals surface area (Å²) in [7, 11) is 1.24. The molecule has 0 atom stereocenters. The fourth-order valence-electron chi connectivity index (χ4n) is 2.46. The molecule has 3 aromatic rings. The second-order valence-electron chi connectivity index (χ2n) is 5.56. The quantitative estimate of drug-likeness (QED) is 0.636. The van der Waals surface area contributed by atoms with E-state index in [4.69, 9.17) is 4.74 Å². The molecule has 5 nitrogen and oxygen atoms in total. The maximum Gasteiger partial charge on any atom is 0.416 e. The van der Waals surface area contributed by atoms with Crippen LogP contribution >= 0.6 is 12.4 Å². The van der Waals surface area contributed by atoms with E-state index in [1.165, 1.54) is 25.4 Å². The van der Waals surface area contributed by atoms with Crippen molar-refractivity contribution in [2.75, 3.05) is 12.4 Å². The first-order valence-electron chi connectivity index (χ1n) is 7.58. The lowest BCUT2D eigenvalue weighted by atomic mass is 10.1. The van der Waals surface area contributed by atoms with Crippen LogP contribution in [0, 0.1) is 6.92 Å². The summed E-state index contributed by atoms with van der Waals surface area (Å²) in [5.74, 6) is -0.616. The minimum absolute atomic E-state index is 0. The van der Waals surface area contributed by atoms with Gasteiger partial charge in [0.1, 0.15) is 5.56 Å². The van der Waals surface area contributed by atoms with Crippen LogP contribution in [0.25, 0.3) is 11.0 Å². The van der Waals surface area contributed by atoms with Crippen LogP contribution in [0.4, 0.5) is 24.5 Å². The molecule has 0 fully saturated rings. The summed E-state index contributed by atoms with van der Waals surface area (Å²) in [5, 5.41) is 3.53. The third-order valence-electron chi connectivity index (χ3n) is 3.76. The van der Waals surface area contributed by atoms with Crippen LogP contribution in [0.2, 0.25) is 0 Å². The van der Waals surface area contributed by atoms with Gasteiger partial charge in [0.25, 0.3) is 0 Å². The number of anilines is 2. The molecule has 0 bridgehead atoms. The largest absolute Gasteiger partial charge is 0.465 e. The number of esters is 1. The summed E-state index contributed by atoms with van der Waals surface area (Å²) in [6, 6.07) is 8.00. The molecule has 0 aliphatic rings. The highest BCUT2D eigenvalue weighted by atomic mass is 35.5. The van der Waals surface area contributed by atoms with Crippen LogP contribution in [0.5, 0.6) is 0 Å². The van der Waals surface area contributed by atoms with E-state index >= 15 is 0 Å². The zero-order valence-electron chi connectivity index (χ0n) is 14.3. The molecule has 0 aliphatic heterocycles. The first-order valence-corrected chi connectivity index (χ1v) is 7.58. The minimum Gasteiger partial charge on any atom is -0.465 e. The molecule has 142 valence electrons. The number of rotatable bonds is 3. The van der Waals surface area contributed by atoms with Gasteiger partial charge in [0.2, 0.25) is 0 Å². The van der Waals surface area contributed by atoms with E-state index in [1.807, 2.05) is 0 Å². The minimum atomic E-state index is -4.42. The zero-order chi connectivity index (χ0) is 18.9. The van der Waals surface area contributed by atoms with Gasteiger partial charge in [-0.3, -0.25) is 0 Å². The van der Waals surface area contributed by atoms with Crippen LogP contribution in [-0.2, 0) is 10.9 Å². The van der Waals surface area contributed by atoms with E-state index in [0.29, 0.717) is 22.4 Å². The molecule has 9 heteroatoms. The van der Waals surface area contributed by atoms with Gasteiger partial charge in [0.05, 0.1) is 18.4 Å². The number of nitrogens with zero attached hydrogens (tertiary/aromatic N) is 2. The predicted octanol–water partition coefficient (Wildman–Crippen LogP) is 4.91. The molecule has 0 aliphatic carbocycles. The lowest BCUT2D eigenvalue weighted by Crippen LogP contribution is -2.08. The maximum absolute atomic E-state index is 12.7. The van der Waals surface area contributed by atoms with Crippen LogP contribution in [0.1, 0.15) is 21.6 Å². The lowest BCUT2D eigenvalue weighted by Gasteiger charge is -2.14. The number of aryl methyl sites for hydroxylation is 1. The number of fused-ring (bicyclic) bond motifs is 1. The molecule has 0 radical (unpaired) electrons. The molecular weight excluding hydrogens is 383 g/mol. The number of benzene rings is 1. The van der Waals surface area contributed by atoms with Crippen molar-refractivity contribution in [3.8, 4) is 0 Å². The third kappa shape index (κ3) is 4.28. The number of aromatic nitrogens is 2. The average molecular weight is 398 g/mol. The molecule has 0 spiro atoms. The summed E-state index contributed by atoms with van der Waals surface area (Å²) in [5.41, 5.74) is 1.31. The molecule has 1 aromatic carbocycles. The van der Waals surface area contributed by atoms with Gasteiger partial charge in [0, 0.05) is 23.0 Å². The highest BCUT2D eigenvalue weighted by Gasteiger charge is 2.30. The van der Waals surface area contributed by atoms with Gasteiger partial charge in [-0.25, -0.2) is 14.8 Å². The van der Waals surface area contributed by atoms with E-state index in [9.17, 15) is 18.0 Å². The summed E-state index contributed by atoms with van der Waals surface area (Å²) in [6.07, 6.45) is -3.09. The van der Waals surface area contributed by atoms with Crippen LogP contribution < -0.4 is 5.32 Å². The maximum atomic E-state index is 12.7. The molecule has 0 saturated heterocycles. The van der Waals surface area contributed by atoms with E-state index in [0.717, 1.165) is 17.8 Å². The third-order valence-corrected chi connectivity index (χ3v) is 3.76. The van der Waals surface area contributed by atoms with Gasteiger partial charge in [-0.15, -0.1) is 12.4 Å². The highest BCUT2D eigenvalue weighted by Crippen LogP contribution is 2.32. The normalized spacial score (nSPS) is 11.0. The van der Waals surface area contributed by atoms with Gasteiger partial charge >= 0.3 is 12.1 Å². The molecule has 0 saturated carbocycles. The fourth-order valence-corrected chi connectivity index (χ4v) is 2.46. The Morgan fingerprint density at radius 3 is 2.37 bits per heavy atom. The van der Waals surface area contributed by atoms with Gasteiger partial charge in [0.15, 0.2) is 5.65 Å². The number of pyridine rings is 2. The number of ether oxygens (including phenoxy) is 1. The number of halogens is 4. The van der Waals surface area contributed by atoms with Crippen LogP contribution in [0.15, 0.2) is 42.6 Å². The summed E-state index contributed by atoms with van der Waals surface area (Å²) in [6.45, 7) is 1.80. The second kappa shape index (κ2) is 7.79. The Balaban J connectivity index is 0.00000261. The van der Waals surface area contributed by atoms with Crippen molar-refractivity contribution in [3.63, 3.8) is 0 Å². The second-order valence-corrected chi connectivity index (χ2v) is 5.56. The summed E-state index contributed by atoms with van der Waals surface area (Å²) in [4.78, 5) is 20.5. The molecule has 0 amide bonds. The molecule has 1 N–H and O–H groups in total. The van der Waals surface area contributed by atoms with E-state index < -0.39 is 17.7 Å². The molecule has 2 aromatic heterocycles. The zero-order valence-corrected chi connectivity index (χ0v) is 15.1. The Labute approximate surface area is 159 Å². The van der Waals surface area contributed by atoms with Crippen molar-refractivity contribution < 1.29 is 22.7 Å². The number of carbonyl (C=O) groups is 1. The number of methoxy groups -OCH3 is 1. The Hall–Kier alpha value is -2.87. The predicted molar refractivity (Wildman–Crippen MR) is 97.6 cm³/mol. The lowest BCUT2D eigenvalue weighted by molar-refractivity contribution is -0.137. The summed E-state index contributed by atoms with van der Waals surface area (Å²) >= 11 is 0. The van der Waals surface area contributed by atoms with E-state index in [2.05, 4.69) is 15.3 Å². The van der Waals surface area contributed by atoms with Crippen LogP contribution in [-0.4, -0.2) is 23.0 Å². The van der Waals surface area contributed by atoms with Crippen molar-refractivity contribution in [2.45, 2.75) is 13.1 Å². The summed E-state index contributed by atoms with van der Waals surface area (Å²) < 4.78 is 42.9. The molecule has 0 unspecified atom stereocenters. The highest BCUT2D eigenvalue weighted by molar-refractivity contribution is 6.05. The molecule has 27 heavy (non-hydrogen) atoms. The van der Waals surface area contributed by atoms with Gasteiger partial charge in [-0.1, -0.05) is 0 Å². The first-order chi connectivity index (χ1) is 12.3. The van der Waals surface area contributed by atoms with Crippen molar-refractivity contribution in [1.82, 2.24) is 9.97 Å². The smallest absolute Gasteiger partial charge is 0.416 e. The van der Waals surface area contributed by atoms with Crippen molar-refractivity contribution in [3.05, 3.63) is 59.4 Å². The first kappa shape index (κ1) is 20.4. The van der Waals surface area contributed by atoms with E-state index in [1.54, 1.807) is 19.1 Å². The number of nitrogens with one attached hydrogen (secondary N) is 1. The van der Waals surface area contributed by atoms with Gasteiger partial charge in [-0.2, -0.15) is 13.2 Å². The van der Waals surface area contributed by atoms with Crippen molar-refractivity contribution >= 4 is 40.8 Å². The SMILES string of the molecule is COC(=O)c1cnc2nc(C)ccc2c1Nc1ccc(C(F)(F)F)cc1.Cl. The van der Waals surface area contributed by atoms with Crippen molar-refractivity contribution in [1.29, 1.82) is 0 Å². The Morgan fingerprint density at radius 2 is 1.78 bits per heavy atom. The number of hydrogen-bond acceptors (Lipinski definition) is 5. The number of carbonyl (C=O) groups excluding carboxylic acids is 1. The topological polar surface area (TPSA) is 64.1 Å². The Morgan fingerprint density at radius 1 is 1.11 bits per heavy atom. The monoisotopic (exact) mass is 397 g/mol. The van der Waals surface area contributed by atoms with Crippen molar-refractivity contribution in [2.24, 2.45) is 0 Å².